The Labute approximate surface area is 125 Å². The van der Waals surface area contributed by atoms with Crippen molar-refractivity contribution in [3.8, 4) is 0 Å². The number of anilines is 1. The second-order valence-electron chi connectivity index (χ2n) is 5.46. The van der Waals surface area contributed by atoms with Gasteiger partial charge in [-0.25, -0.2) is 4.79 Å². The van der Waals surface area contributed by atoms with Gasteiger partial charge in [-0.05, 0) is 38.3 Å². The van der Waals surface area contributed by atoms with Gasteiger partial charge in [-0.1, -0.05) is 17.7 Å². The first-order valence-electron chi connectivity index (χ1n) is 7.43. The summed E-state index contributed by atoms with van der Waals surface area (Å²) in [5.74, 6) is -0.890. The van der Waals surface area contributed by atoms with Crippen LogP contribution in [-0.4, -0.2) is 41.6 Å². The van der Waals surface area contributed by atoms with E-state index in [0.29, 0.717) is 0 Å². The number of carboxylic acids is 1. The lowest BCUT2D eigenvalue weighted by Gasteiger charge is -2.33. The van der Waals surface area contributed by atoms with E-state index in [1.165, 1.54) is 0 Å². The van der Waals surface area contributed by atoms with E-state index in [0.717, 1.165) is 43.6 Å². The number of carbonyl (C=O) groups is 2. The molecule has 1 heterocycles. The lowest BCUT2D eigenvalue weighted by molar-refractivity contribution is -0.136. The minimum absolute atomic E-state index is 0.0482. The number of amides is 2. The normalized spacial score (nSPS) is 14.8. The van der Waals surface area contributed by atoms with E-state index in [4.69, 9.17) is 5.11 Å². The highest BCUT2D eigenvalue weighted by molar-refractivity contribution is 5.92. The number of hydrogen-bond donors (Lipinski definition) is 1. The minimum atomic E-state index is -0.890. The number of carbonyl (C=O) groups excluding carboxylic acids is 1. The third-order valence-corrected chi connectivity index (χ3v) is 3.75. The van der Waals surface area contributed by atoms with Gasteiger partial charge in [-0.2, -0.15) is 0 Å². The van der Waals surface area contributed by atoms with Crippen LogP contribution in [0.1, 0.15) is 31.2 Å². The monoisotopic (exact) mass is 290 g/mol. The first-order chi connectivity index (χ1) is 10.1. The van der Waals surface area contributed by atoms with E-state index < -0.39 is 5.97 Å². The molecule has 0 atom stereocenters. The predicted octanol–water partition coefficient (Wildman–Crippen LogP) is 2.88. The largest absolute Gasteiger partial charge is 0.481 e. The van der Waals surface area contributed by atoms with Gasteiger partial charge in [-0.15, -0.1) is 0 Å². The van der Waals surface area contributed by atoms with Crippen LogP contribution in [0.15, 0.2) is 24.3 Å². The molecule has 1 saturated heterocycles. The molecule has 0 bridgehead atoms. The summed E-state index contributed by atoms with van der Waals surface area (Å²) < 4.78 is 0. The smallest absolute Gasteiger partial charge is 0.324 e. The number of likely N-dealkylation sites (tertiary alicyclic amines) is 1. The van der Waals surface area contributed by atoms with Crippen molar-refractivity contribution in [2.45, 2.75) is 32.6 Å². The Morgan fingerprint density at radius 3 is 2.33 bits per heavy atom. The lowest BCUT2D eigenvalue weighted by atomic mass is 10.1. The molecule has 1 aliphatic heterocycles. The van der Waals surface area contributed by atoms with Gasteiger partial charge in [0.05, 0.1) is 6.42 Å². The van der Waals surface area contributed by atoms with Crippen molar-refractivity contribution in [1.29, 1.82) is 0 Å². The lowest BCUT2D eigenvalue weighted by Crippen LogP contribution is -2.46. The number of carboxylic acid groups (broad SMARTS) is 1. The number of piperidine rings is 1. The van der Waals surface area contributed by atoms with Gasteiger partial charge < -0.3 is 10.0 Å². The molecule has 2 rings (SSSR count). The summed E-state index contributed by atoms with van der Waals surface area (Å²) in [7, 11) is 0. The first-order valence-corrected chi connectivity index (χ1v) is 7.43. The number of rotatable bonds is 4. The highest BCUT2D eigenvalue weighted by Crippen LogP contribution is 2.19. The second-order valence-corrected chi connectivity index (χ2v) is 5.46. The van der Waals surface area contributed by atoms with Crippen LogP contribution in [-0.2, 0) is 4.79 Å². The third-order valence-electron chi connectivity index (χ3n) is 3.75. The van der Waals surface area contributed by atoms with Crippen molar-refractivity contribution in [1.82, 2.24) is 4.90 Å². The molecule has 1 aliphatic rings. The molecule has 0 aliphatic carbocycles. The van der Waals surface area contributed by atoms with Gasteiger partial charge in [0.15, 0.2) is 0 Å². The van der Waals surface area contributed by atoms with Crippen LogP contribution in [0.3, 0.4) is 0 Å². The van der Waals surface area contributed by atoms with Crippen molar-refractivity contribution in [3.63, 3.8) is 0 Å². The van der Waals surface area contributed by atoms with Crippen LogP contribution in [0.5, 0.6) is 0 Å². The van der Waals surface area contributed by atoms with Gasteiger partial charge in [0.2, 0.25) is 0 Å². The Hall–Kier alpha value is -2.04. The molecule has 5 nitrogen and oxygen atoms in total. The molecule has 1 aromatic carbocycles. The van der Waals surface area contributed by atoms with Gasteiger partial charge in [0, 0.05) is 25.3 Å². The second kappa shape index (κ2) is 7.11. The summed E-state index contributed by atoms with van der Waals surface area (Å²) in [4.78, 5) is 26.9. The highest BCUT2D eigenvalue weighted by atomic mass is 16.4. The van der Waals surface area contributed by atoms with Crippen molar-refractivity contribution >= 4 is 17.7 Å². The van der Waals surface area contributed by atoms with Crippen molar-refractivity contribution < 1.29 is 14.7 Å². The van der Waals surface area contributed by atoms with Crippen LogP contribution in [0.25, 0.3) is 0 Å². The fourth-order valence-corrected chi connectivity index (χ4v) is 2.52. The highest BCUT2D eigenvalue weighted by Gasteiger charge is 2.24. The van der Waals surface area contributed by atoms with Crippen molar-refractivity contribution in [2.24, 2.45) is 0 Å². The summed E-state index contributed by atoms with van der Waals surface area (Å²) in [6, 6.07) is 7.54. The summed E-state index contributed by atoms with van der Waals surface area (Å²) in [6.07, 6.45) is 3.15. The molecule has 0 aromatic heterocycles. The SMILES string of the molecule is Cc1ccc(N(CCC(=O)O)C(=O)N2CCCCC2)cc1. The van der Waals surface area contributed by atoms with Gasteiger partial charge in [0.25, 0.3) is 0 Å². The Bertz CT molecular complexity index is 493. The zero-order chi connectivity index (χ0) is 15.2. The third kappa shape index (κ3) is 4.21. The Morgan fingerprint density at radius 2 is 1.76 bits per heavy atom. The number of nitrogens with zero attached hydrogens (tertiary/aromatic N) is 2. The molecule has 0 unspecified atom stereocenters. The average molecular weight is 290 g/mol. The van der Waals surface area contributed by atoms with Crippen LogP contribution < -0.4 is 4.90 Å². The zero-order valence-electron chi connectivity index (χ0n) is 12.4. The fourth-order valence-electron chi connectivity index (χ4n) is 2.52. The molecule has 1 fully saturated rings. The molecule has 1 N–H and O–H groups in total. The topological polar surface area (TPSA) is 60.9 Å². The number of aliphatic carboxylic acids is 1. The van der Waals surface area contributed by atoms with Crippen molar-refractivity contribution in [2.75, 3.05) is 24.5 Å². The molecule has 0 saturated carbocycles. The van der Waals surface area contributed by atoms with Gasteiger partial charge in [0.1, 0.15) is 0 Å². The summed E-state index contributed by atoms with van der Waals surface area (Å²) in [5, 5.41) is 8.89. The average Bonchev–Trinajstić information content (AvgIpc) is 2.49. The molecule has 114 valence electrons. The van der Waals surface area contributed by atoms with Crippen LogP contribution in [0, 0.1) is 6.92 Å². The van der Waals surface area contributed by atoms with E-state index in [2.05, 4.69) is 0 Å². The van der Waals surface area contributed by atoms with Crippen LogP contribution in [0.4, 0.5) is 10.5 Å². The molecule has 0 spiro atoms. The molecule has 0 radical (unpaired) electrons. The molecule has 5 heteroatoms. The van der Waals surface area contributed by atoms with Gasteiger partial charge in [-0.3, -0.25) is 9.69 Å². The van der Waals surface area contributed by atoms with E-state index >= 15 is 0 Å². The number of aryl methyl sites for hydroxylation is 1. The summed E-state index contributed by atoms with van der Waals surface area (Å²) in [6.45, 7) is 3.70. The molecular formula is C16H22N2O3. The van der Waals surface area contributed by atoms with Gasteiger partial charge >= 0.3 is 12.0 Å². The summed E-state index contributed by atoms with van der Waals surface area (Å²) >= 11 is 0. The van der Waals surface area contributed by atoms with E-state index in [1.54, 1.807) is 4.90 Å². The molecule has 1 aromatic rings. The van der Waals surface area contributed by atoms with E-state index in [-0.39, 0.29) is 19.0 Å². The maximum atomic E-state index is 12.7. The van der Waals surface area contributed by atoms with E-state index in [1.807, 2.05) is 36.1 Å². The number of benzene rings is 1. The predicted molar refractivity (Wildman–Crippen MR) is 81.6 cm³/mol. The number of urea groups is 1. The number of hydrogen-bond acceptors (Lipinski definition) is 2. The quantitative estimate of drug-likeness (QED) is 0.927. The van der Waals surface area contributed by atoms with Crippen LogP contribution in [0.2, 0.25) is 0 Å². The maximum absolute atomic E-state index is 12.7. The zero-order valence-corrected chi connectivity index (χ0v) is 12.4. The Balaban J connectivity index is 2.15. The van der Waals surface area contributed by atoms with Crippen LogP contribution >= 0.6 is 0 Å². The fraction of sp³-hybridized carbons (Fsp3) is 0.500. The maximum Gasteiger partial charge on any atom is 0.324 e. The minimum Gasteiger partial charge on any atom is -0.481 e. The first kappa shape index (κ1) is 15.4. The summed E-state index contributed by atoms with van der Waals surface area (Å²) in [5.41, 5.74) is 1.87. The Morgan fingerprint density at radius 1 is 1.14 bits per heavy atom. The van der Waals surface area contributed by atoms with E-state index in [9.17, 15) is 9.59 Å². The molecule has 21 heavy (non-hydrogen) atoms. The standard InChI is InChI=1S/C16H22N2O3/c1-13-5-7-14(8-6-13)18(12-9-15(19)20)16(21)17-10-3-2-4-11-17/h5-8H,2-4,9-12H2,1H3,(H,19,20). The van der Waals surface area contributed by atoms with Crippen molar-refractivity contribution in [3.05, 3.63) is 29.8 Å². The molecular weight excluding hydrogens is 268 g/mol. The Kier molecular flexibility index (Phi) is 5.20. The molecule has 2 amide bonds.